The van der Waals surface area contributed by atoms with E-state index in [2.05, 4.69) is 10.3 Å². The van der Waals surface area contributed by atoms with Gasteiger partial charge in [-0.05, 0) is 0 Å². The van der Waals surface area contributed by atoms with Gasteiger partial charge in [-0.1, -0.05) is 0 Å². The molecule has 54 valence electrons. The van der Waals surface area contributed by atoms with Gasteiger partial charge in [0, 0.05) is 0 Å². The Morgan fingerprint density at radius 1 is 1.82 bits per heavy atom. The summed E-state index contributed by atoms with van der Waals surface area (Å²) in [5.74, 6) is 0.363. The van der Waals surface area contributed by atoms with Crippen LogP contribution in [0.3, 0.4) is 0 Å². The van der Waals surface area contributed by atoms with E-state index in [9.17, 15) is 4.65 Å². The molecule has 0 fully saturated rings. The maximum absolute atomic E-state index is 10.2. The predicted molar refractivity (Wildman–Crippen MR) is 36.1 cm³/mol. The zero-order chi connectivity index (χ0) is 8.27. The Balaban J connectivity index is 3.12. The molecule has 0 aromatic carbocycles. The van der Waals surface area contributed by atoms with E-state index < -0.39 is 0 Å². The number of nitrogens with one attached hydrogen (secondary N) is 1. The third-order valence-corrected chi connectivity index (χ3v) is 1.21. The van der Waals surface area contributed by atoms with Gasteiger partial charge in [-0.3, -0.25) is 0 Å². The molecule has 0 radical (unpaired) electrons. The molecule has 11 heavy (non-hydrogen) atoms. The van der Waals surface area contributed by atoms with Crippen LogP contribution < -0.4 is 5.32 Å². The van der Waals surface area contributed by atoms with Crippen molar-refractivity contribution in [2.24, 2.45) is 7.05 Å². The normalized spacial score (nSPS) is 8.27. The molecule has 1 heterocycles. The van der Waals surface area contributed by atoms with Crippen LogP contribution in [0.4, 0.5) is 5.82 Å². The van der Waals surface area contributed by atoms with Crippen LogP contribution in [0.5, 0.6) is 0 Å². The second kappa shape index (κ2) is 2.88. The zero-order valence-corrected chi connectivity index (χ0v) is 5.83. The summed E-state index contributed by atoms with van der Waals surface area (Å²) in [6.07, 6.45) is 4.73. The molecule has 0 atom stereocenters. The summed E-state index contributed by atoms with van der Waals surface area (Å²) >= 11 is 0. The maximum atomic E-state index is 10.2. The van der Waals surface area contributed by atoms with Crippen molar-refractivity contribution in [3.63, 3.8) is 0 Å². The van der Waals surface area contributed by atoms with Gasteiger partial charge in [0.1, 0.15) is 0 Å². The van der Waals surface area contributed by atoms with E-state index in [1.807, 2.05) is 0 Å². The SMILES string of the molecule is Cn1cnc(C#[O+])c1NC#N. The van der Waals surface area contributed by atoms with Crippen LogP contribution in [0.2, 0.25) is 0 Å². The number of aryl methyl sites for hydroxylation is 1. The van der Waals surface area contributed by atoms with Crippen molar-refractivity contribution in [1.82, 2.24) is 9.55 Å². The topological polar surface area (TPSA) is 73.5 Å². The van der Waals surface area contributed by atoms with E-state index >= 15 is 0 Å². The molecule has 1 rings (SSSR count). The molecule has 5 nitrogen and oxygen atoms in total. The molecule has 0 saturated carbocycles. The third kappa shape index (κ3) is 1.22. The Labute approximate surface area is 63.0 Å². The molecule has 5 heteroatoms. The summed E-state index contributed by atoms with van der Waals surface area (Å²) in [6, 6.07) is 0. The van der Waals surface area contributed by atoms with Crippen LogP contribution >= 0.6 is 0 Å². The van der Waals surface area contributed by atoms with Gasteiger partial charge in [-0.25, -0.2) is 0 Å². The summed E-state index contributed by atoms with van der Waals surface area (Å²) in [6.45, 7) is 0. The third-order valence-electron chi connectivity index (χ3n) is 1.21. The molecular weight excluding hydrogens is 144 g/mol. The standard InChI is InChI=1S/C6H5N4O/c1-10-4-9-5(2-11)6(10)8-3-7/h4,8H,1H3/q+1. The fourth-order valence-electron chi connectivity index (χ4n) is 0.705. The summed E-state index contributed by atoms with van der Waals surface area (Å²) in [7, 11) is 1.67. The average Bonchev–Trinajstić information content (AvgIpc) is 2.34. The number of hydrogen-bond donors (Lipinski definition) is 1. The van der Waals surface area contributed by atoms with Crippen LogP contribution in [0.25, 0.3) is 0 Å². The second-order valence-corrected chi connectivity index (χ2v) is 1.89. The molecule has 0 bridgehead atoms. The Kier molecular flexibility index (Phi) is 1.93. The molecule has 1 aromatic rings. The van der Waals surface area contributed by atoms with E-state index in [-0.39, 0.29) is 5.69 Å². The Morgan fingerprint density at radius 3 is 3.09 bits per heavy atom. The fourth-order valence-corrected chi connectivity index (χ4v) is 0.705. The molecule has 0 amide bonds. The summed E-state index contributed by atoms with van der Waals surface area (Å²) in [5, 5.41) is 10.6. The Morgan fingerprint density at radius 2 is 2.55 bits per heavy atom. The van der Waals surface area contributed by atoms with E-state index in [0.717, 1.165) is 0 Å². The van der Waals surface area contributed by atoms with E-state index in [4.69, 9.17) is 5.26 Å². The quantitative estimate of drug-likeness (QED) is 0.348. The molecular formula is C6H5N4O+. The first-order valence-corrected chi connectivity index (χ1v) is 2.84. The van der Waals surface area contributed by atoms with Crippen LogP contribution in [0, 0.1) is 17.6 Å². The van der Waals surface area contributed by atoms with Crippen LogP contribution in [-0.2, 0) is 11.7 Å². The molecule has 1 aromatic heterocycles. The van der Waals surface area contributed by atoms with E-state index in [1.165, 1.54) is 10.9 Å². The van der Waals surface area contributed by atoms with Gasteiger partial charge in [0.25, 0.3) is 0 Å². The summed E-state index contributed by atoms with van der Waals surface area (Å²) in [4.78, 5) is 3.68. The van der Waals surface area contributed by atoms with Gasteiger partial charge < -0.3 is 0 Å². The van der Waals surface area contributed by atoms with Gasteiger partial charge >= 0.3 is 62.0 Å². The first kappa shape index (κ1) is 7.35. The first-order chi connectivity index (χ1) is 5.29. The summed E-state index contributed by atoms with van der Waals surface area (Å²) in [5.41, 5.74) is 0.119. The molecule has 0 aliphatic rings. The first-order valence-electron chi connectivity index (χ1n) is 2.84. The van der Waals surface area contributed by atoms with Crippen molar-refractivity contribution in [3.05, 3.63) is 12.0 Å². The number of hydrogen-bond acceptors (Lipinski definition) is 3. The average molecular weight is 149 g/mol. The van der Waals surface area contributed by atoms with E-state index in [1.54, 1.807) is 19.4 Å². The van der Waals surface area contributed by atoms with Crippen molar-refractivity contribution in [1.29, 1.82) is 5.26 Å². The van der Waals surface area contributed by atoms with Crippen molar-refractivity contribution in [2.45, 2.75) is 0 Å². The monoisotopic (exact) mass is 149 g/mol. The van der Waals surface area contributed by atoms with Gasteiger partial charge in [0.2, 0.25) is 0 Å². The minimum atomic E-state index is 0.119. The van der Waals surface area contributed by atoms with E-state index in [0.29, 0.717) is 5.82 Å². The van der Waals surface area contributed by atoms with Gasteiger partial charge in [-0.2, -0.15) is 0 Å². The number of anilines is 1. The number of nitrogens with zero attached hydrogens (tertiary/aromatic N) is 3. The predicted octanol–water partition coefficient (Wildman–Crippen LogP) is 0.0509. The second-order valence-electron chi connectivity index (χ2n) is 1.89. The molecule has 0 aliphatic heterocycles. The summed E-state index contributed by atoms with van der Waals surface area (Å²) < 4.78 is 11.7. The van der Waals surface area contributed by atoms with Crippen molar-refractivity contribution in [2.75, 3.05) is 5.32 Å². The zero-order valence-electron chi connectivity index (χ0n) is 5.83. The van der Waals surface area contributed by atoms with Crippen molar-refractivity contribution >= 4 is 5.82 Å². The van der Waals surface area contributed by atoms with Gasteiger partial charge in [0.15, 0.2) is 0 Å². The van der Waals surface area contributed by atoms with Crippen molar-refractivity contribution < 1.29 is 4.65 Å². The molecule has 0 unspecified atom stereocenters. The van der Waals surface area contributed by atoms with Gasteiger partial charge in [0.05, 0.1) is 0 Å². The molecule has 1 N–H and O–H groups in total. The number of rotatable bonds is 1. The van der Waals surface area contributed by atoms with Crippen LogP contribution in [0.15, 0.2) is 6.33 Å². The number of aromatic nitrogens is 2. The molecule has 0 saturated heterocycles. The Hall–Kier alpha value is -1.76. The minimum absolute atomic E-state index is 0.119. The molecule has 0 aliphatic carbocycles. The molecule has 0 spiro atoms. The van der Waals surface area contributed by atoms with Crippen molar-refractivity contribution in [3.8, 4) is 12.3 Å². The fraction of sp³-hybridized carbons (Fsp3) is 0.167. The van der Waals surface area contributed by atoms with Crippen LogP contribution in [0.1, 0.15) is 5.69 Å². The van der Waals surface area contributed by atoms with Crippen LogP contribution in [-0.4, -0.2) is 9.55 Å². The number of nitriles is 1. The Bertz CT molecular complexity index is 340. The number of imidazole rings is 1. The van der Waals surface area contributed by atoms with Gasteiger partial charge in [-0.15, -0.1) is 0 Å².